The van der Waals surface area contributed by atoms with Gasteiger partial charge in [0.05, 0.1) is 26.8 Å². The molecule has 4 bridgehead atoms. The van der Waals surface area contributed by atoms with Gasteiger partial charge in [-0.3, -0.25) is 19.2 Å². The van der Waals surface area contributed by atoms with E-state index in [4.69, 9.17) is 23.7 Å². The summed E-state index contributed by atoms with van der Waals surface area (Å²) in [6.07, 6.45) is 0.816. The van der Waals surface area contributed by atoms with Crippen LogP contribution in [0.1, 0.15) is 32.0 Å². The standard InChI is InChI=1S/C36H36N4O9/c1-39-12-11-29(41)34(48-20-22-7-5-4-6-8-22)33(39)36(44)40-18-28-31(19-40)49-25-10-9-23(30(16-25)46-3)17-37-32(42)21-47-27-14-24(35(43)38-28)13-26(15-27)45-2/h4-16,28,31H,17-21H2,1-3H3,(H,37,42)(H,38,43)/t28-,31-/m0/s1. The number of hydrogen-bond donors (Lipinski definition) is 2. The number of nitrogens with one attached hydrogen (secondary N) is 2. The maximum atomic E-state index is 14.2. The van der Waals surface area contributed by atoms with Crippen LogP contribution in [-0.2, 0) is 25.0 Å². The first-order valence-corrected chi connectivity index (χ1v) is 15.6. The van der Waals surface area contributed by atoms with E-state index in [1.165, 1.54) is 37.4 Å². The number of rotatable bonds is 6. The van der Waals surface area contributed by atoms with Gasteiger partial charge in [-0.05, 0) is 29.8 Å². The molecule has 13 heteroatoms. The molecule has 4 aromatic rings. The zero-order valence-electron chi connectivity index (χ0n) is 27.3. The molecule has 0 spiro atoms. The Balaban J connectivity index is 1.33. The van der Waals surface area contributed by atoms with Gasteiger partial charge in [0, 0.05) is 55.7 Å². The number of carbonyl (C=O) groups excluding carboxylic acids is 3. The Bertz CT molecular complexity index is 1930. The van der Waals surface area contributed by atoms with Crippen LogP contribution >= 0.6 is 0 Å². The Morgan fingerprint density at radius 2 is 1.76 bits per heavy atom. The van der Waals surface area contributed by atoms with E-state index < -0.39 is 29.4 Å². The number of fused-ring (bicyclic) bond motifs is 7. The average molecular weight is 669 g/mol. The van der Waals surface area contributed by atoms with E-state index in [0.717, 1.165) is 5.56 Å². The van der Waals surface area contributed by atoms with Crippen molar-refractivity contribution in [3.05, 3.63) is 112 Å². The Labute approximate surface area is 282 Å². The third kappa shape index (κ3) is 7.45. The van der Waals surface area contributed by atoms with Crippen molar-refractivity contribution in [3.8, 4) is 28.7 Å². The summed E-state index contributed by atoms with van der Waals surface area (Å²) in [6.45, 7) is 0.125. The van der Waals surface area contributed by atoms with Gasteiger partial charge in [0.1, 0.15) is 35.7 Å². The maximum absolute atomic E-state index is 14.2. The van der Waals surface area contributed by atoms with E-state index in [1.807, 2.05) is 30.3 Å². The third-order valence-corrected chi connectivity index (χ3v) is 8.31. The highest BCUT2D eigenvalue weighted by Crippen LogP contribution is 2.29. The molecule has 4 heterocycles. The summed E-state index contributed by atoms with van der Waals surface area (Å²) in [4.78, 5) is 55.0. The maximum Gasteiger partial charge on any atom is 0.274 e. The zero-order chi connectivity index (χ0) is 34.5. The van der Waals surface area contributed by atoms with Gasteiger partial charge in [-0.2, -0.15) is 0 Å². The van der Waals surface area contributed by atoms with Crippen molar-refractivity contribution < 1.29 is 38.1 Å². The molecule has 49 heavy (non-hydrogen) atoms. The SMILES string of the molecule is COc1cc2cc(c1)C(=O)N[C@H]1CN(C(=O)c3c(OCc4ccccc4)c(=O)ccn3C)C[C@@H]1Oc1ccc(c(OC)c1)CNC(=O)CO2. The van der Waals surface area contributed by atoms with E-state index in [0.29, 0.717) is 22.8 Å². The van der Waals surface area contributed by atoms with Crippen LogP contribution in [0.25, 0.3) is 0 Å². The number of amides is 3. The van der Waals surface area contributed by atoms with E-state index in [-0.39, 0.29) is 61.5 Å². The molecule has 3 amide bonds. The summed E-state index contributed by atoms with van der Waals surface area (Å²) >= 11 is 0. The predicted octanol–water partition coefficient (Wildman–Crippen LogP) is 2.69. The molecule has 7 rings (SSSR count). The van der Waals surface area contributed by atoms with Crippen molar-refractivity contribution in [2.45, 2.75) is 25.3 Å². The predicted molar refractivity (Wildman–Crippen MR) is 177 cm³/mol. The third-order valence-electron chi connectivity index (χ3n) is 8.31. The first-order chi connectivity index (χ1) is 23.7. The average Bonchev–Trinajstić information content (AvgIpc) is 3.51. The van der Waals surface area contributed by atoms with Gasteiger partial charge in [0.25, 0.3) is 17.7 Å². The van der Waals surface area contributed by atoms with Crippen molar-refractivity contribution in [2.24, 2.45) is 7.05 Å². The lowest BCUT2D eigenvalue weighted by atomic mass is 10.1. The Kier molecular flexibility index (Phi) is 9.69. The number of ether oxygens (including phenoxy) is 5. The molecule has 3 aliphatic heterocycles. The minimum atomic E-state index is -0.699. The van der Waals surface area contributed by atoms with Gasteiger partial charge in [0.2, 0.25) is 5.43 Å². The Morgan fingerprint density at radius 3 is 2.53 bits per heavy atom. The molecule has 1 saturated heterocycles. The normalized spacial score (nSPS) is 17.5. The summed E-state index contributed by atoms with van der Waals surface area (Å²) in [7, 11) is 4.63. The monoisotopic (exact) mass is 668 g/mol. The van der Waals surface area contributed by atoms with Gasteiger partial charge in [-0.25, -0.2) is 0 Å². The van der Waals surface area contributed by atoms with Gasteiger partial charge < -0.3 is 43.8 Å². The fourth-order valence-electron chi connectivity index (χ4n) is 5.74. The molecule has 0 unspecified atom stereocenters. The van der Waals surface area contributed by atoms with Crippen LogP contribution in [0.5, 0.6) is 28.7 Å². The smallest absolute Gasteiger partial charge is 0.274 e. The van der Waals surface area contributed by atoms with Crippen molar-refractivity contribution in [1.82, 2.24) is 20.1 Å². The molecule has 1 fully saturated rings. The lowest BCUT2D eigenvalue weighted by Crippen LogP contribution is -2.45. The van der Waals surface area contributed by atoms with Crippen LogP contribution in [0.3, 0.4) is 0 Å². The largest absolute Gasteiger partial charge is 0.497 e. The van der Waals surface area contributed by atoms with Crippen molar-refractivity contribution in [3.63, 3.8) is 0 Å². The van der Waals surface area contributed by atoms with Gasteiger partial charge in [-0.15, -0.1) is 0 Å². The number of benzene rings is 3. The van der Waals surface area contributed by atoms with E-state index in [1.54, 1.807) is 41.9 Å². The molecule has 254 valence electrons. The molecule has 0 aliphatic carbocycles. The Morgan fingerprint density at radius 1 is 0.939 bits per heavy atom. The summed E-state index contributed by atoms with van der Waals surface area (Å²) in [6, 6.07) is 19.8. The number of likely N-dealkylation sites (tertiary alicyclic amines) is 1. The van der Waals surface area contributed by atoms with Crippen LogP contribution in [0.15, 0.2) is 83.8 Å². The van der Waals surface area contributed by atoms with Crippen LogP contribution < -0.4 is 39.7 Å². The van der Waals surface area contributed by atoms with E-state index in [2.05, 4.69) is 10.6 Å². The molecule has 13 nitrogen and oxygen atoms in total. The lowest BCUT2D eigenvalue weighted by Gasteiger charge is -2.22. The number of methoxy groups -OCH3 is 2. The van der Waals surface area contributed by atoms with Crippen molar-refractivity contribution in [2.75, 3.05) is 33.9 Å². The molecular weight excluding hydrogens is 632 g/mol. The molecule has 2 atom stereocenters. The van der Waals surface area contributed by atoms with Crippen LogP contribution in [0, 0.1) is 0 Å². The number of nitrogens with zero attached hydrogens (tertiary/aromatic N) is 2. The minimum Gasteiger partial charge on any atom is -0.497 e. The highest BCUT2D eigenvalue weighted by molar-refractivity contribution is 5.97. The van der Waals surface area contributed by atoms with Crippen LogP contribution in [-0.4, -0.2) is 73.3 Å². The quantitative estimate of drug-likeness (QED) is 0.317. The summed E-state index contributed by atoms with van der Waals surface area (Å²) in [5, 5.41) is 5.81. The first-order valence-electron chi connectivity index (χ1n) is 15.6. The van der Waals surface area contributed by atoms with Gasteiger partial charge >= 0.3 is 0 Å². The van der Waals surface area contributed by atoms with Crippen molar-refractivity contribution in [1.29, 1.82) is 0 Å². The summed E-state index contributed by atoms with van der Waals surface area (Å²) in [5.74, 6) is 0.146. The minimum absolute atomic E-state index is 0.0669. The molecule has 2 N–H and O–H groups in total. The summed E-state index contributed by atoms with van der Waals surface area (Å²) in [5.41, 5.74) is 1.41. The van der Waals surface area contributed by atoms with Crippen molar-refractivity contribution >= 4 is 17.7 Å². The highest BCUT2D eigenvalue weighted by Gasteiger charge is 2.40. The highest BCUT2D eigenvalue weighted by atomic mass is 16.5. The lowest BCUT2D eigenvalue weighted by molar-refractivity contribution is -0.123. The Hall–Kier alpha value is -5.98. The number of carbonyl (C=O) groups is 3. The fourth-order valence-corrected chi connectivity index (χ4v) is 5.74. The van der Waals surface area contributed by atoms with Gasteiger partial charge in [0.15, 0.2) is 18.1 Å². The molecule has 1 aromatic heterocycles. The molecule has 0 radical (unpaired) electrons. The summed E-state index contributed by atoms with van der Waals surface area (Å²) < 4.78 is 30.6. The molecule has 3 aromatic carbocycles. The second kappa shape index (κ2) is 14.4. The fraction of sp³-hybridized carbons (Fsp3) is 0.278. The number of aryl methyl sites for hydroxylation is 1. The van der Waals surface area contributed by atoms with Crippen LogP contribution in [0.2, 0.25) is 0 Å². The van der Waals surface area contributed by atoms with Crippen LogP contribution in [0.4, 0.5) is 0 Å². The number of aromatic nitrogens is 1. The first kappa shape index (κ1) is 32.9. The zero-order valence-corrected chi connectivity index (χ0v) is 27.3. The number of pyridine rings is 1. The molecular formula is C36H36N4O9. The molecule has 0 saturated carbocycles. The van der Waals surface area contributed by atoms with Gasteiger partial charge in [-0.1, -0.05) is 30.3 Å². The second-order valence-electron chi connectivity index (χ2n) is 11.6. The number of hydrogen-bond acceptors (Lipinski definition) is 9. The molecule has 3 aliphatic rings. The van der Waals surface area contributed by atoms with E-state index >= 15 is 0 Å². The second-order valence-corrected chi connectivity index (χ2v) is 11.6. The topological polar surface area (TPSA) is 147 Å². The van der Waals surface area contributed by atoms with E-state index in [9.17, 15) is 19.2 Å².